The lowest BCUT2D eigenvalue weighted by molar-refractivity contribution is 0.294. The quantitative estimate of drug-likeness (QED) is 0.192. The fourth-order valence-electron chi connectivity index (χ4n) is 3.44. The smallest absolute Gasteiger partial charge is 0.173 e. The van der Waals surface area contributed by atoms with Crippen molar-refractivity contribution < 1.29 is 14.2 Å². The largest absolute Gasteiger partial charge is 0.494 e. The monoisotopic (exact) mass is 468 g/mol. The molecule has 0 saturated heterocycles. The maximum atomic E-state index is 5.73. The molecule has 35 heavy (non-hydrogen) atoms. The zero-order chi connectivity index (χ0) is 24.5. The molecular formula is C28H28N4O3. The number of hydrazone groups is 1. The van der Waals surface area contributed by atoms with Crippen LogP contribution in [0, 0.1) is 0 Å². The standard InChI is InChI=1S/C28H28N4O3/c1-4-17-35-26-16-13-20(18-27(26)34-3)19-29-32-28(31-23-11-7-8-12-25(23)33-2)24-15-14-21-9-5-6-10-22(21)30-24/h5-16,18-19H,4,17H2,1-3H3,(H,31,32)/b29-19+. The number of nitrogens with zero attached hydrogens (tertiary/aromatic N) is 3. The second kappa shape index (κ2) is 11.7. The maximum Gasteiger partial charge on any atom is 0.173 e. The number of aromatic nitrogens is 1. The van der Waals surface area contributed by atoms with Crippen molar-refractivity contribution in [3.8, 4) is 17.2 Å². The van der Waals surface area contributed by atoms with E-state index < -0.39 is 0 Å². The minimum atomic E-state index is 0.492. The van der Waals surface area contributed by atoms with Gasteiger partial charge >= 0.3 is 0 Å². The molecule has 0 radical (unpaired) electrons. The Morgan fingerprint density at radius 3 is 2.51 bits per heavy atom. The van der Waals surface area contributed by atoms with Crippen molar-refractivity contribution in [1.29, 1.82) is 0 Å². The lowest BCUT2D eigenvalue weighted by Crippen LogP contribution is -2.20. The molecule has 0 saturated carbocycles. The lowest BCUT2D eigenvalue weighted by Gasteiger charge is -2.11. The number of nitrogens with one attached hydrogen (secondary N) is 1. The third-order valence-electron chi connectivity index (χ3n) is 5.19. The summed E-state index contributed by atoms with van der Waals surface area (Å²) in [6, 6.07) is 25.1. The summed E-state index contributed by atoms with van der Waals surface area (Å²) in [4.78, 5) is 9.55. The predicted octanol–water partition coefficient (Wildman–Crippen LogP) is 5.74. The summed E-state index contributed by atoms with van der Waals surface area (Å²) in [5.74, 6) is 2.51. The molecule has 1 heterocycles. The number of hydrogen-bond acceptors (Lipinski definition) is 6. The number of pyridine rings is 1. The zero-order valence-corrected chi connectivity index (χ0v) is 20.1. The third kappa shape index (κ3) is 5.95. The van der Waals surface area contributed by atoms with Crippen LogP contribution >= 0.6 is 0 Å². The molecule has 7 heteroatoms. The van der Waals surface area contributed by atoms with Gasteiger partial charge in [-0.05, 0) is 54.4 Å². The van der Waals surface area contributed by atoms with Gasteiger partial charge in [-0.25, -0.2) is 9.98 Å². The molecule has 0 bridgehead atoms. The number of fused-ring (bicyclic) bond motifs is 1. The first-order valence-electron chi connectivity index (χ1n) is 11.4. The van der Waals surface area contributed by atoms with Gasteiger partial charge in [0, 0.05) is 5.39 Å². The van der Waals surface area contributed by atoms with Crippen LogP contribution in [0.15, 0.2) is 89.0 Å². The summed E-state index contributed by atoms with van der Waals surface area (Å²) in [5, 5.41) is 5.48. The van der Waals surface area contributed by atoms with Crippen molar-refractivity contribution >= 4 is 28.6 Å². The van der Waals surface area contributed by atoms with Crippen LogP contribution < -0.4 is 19.6 Å². The van der Waals surface area contributed by atoms with Crippen LogP contribution in [0.1, 0.15) is 24.6 Å². The van der Waals surface area contributed by atoms with E-state index in [9.17, 15) is 0 Å². The molecule has 3 aromatic carbocycles. The number of para-hydroxylation sites is 3. The molecule has 1 aromatic heterocycles. The SMILES string of the molecule is CCCOc1ccc(/C=N/NC(=Nc2ccccc2OC)c2ccc3ccccc3n2)cc1OC. The molecule has 4 aromatic rings. The Balaban J connectivity index is 1.65. The summed E-state index contributed by atoms with van der Waals surface area (Å²) in [6.45, 7) is 2.70. The summed E-state index contributed by atoms with van der Waals surface area (Å²) in [6.07, 6.45) is 2.62. The van der Waals surface area contributed by atoms with Crippen LogP contribution in [0.25, 0.3) is 10.9 Å². The van der Waals surface area contributed by atoms with Gasteiger partial charge in [-0.3, -0.25) is 5.43 Å². The molecular weight excluding hydrogens is 440 g/mol. The predicted molar refractivity (Wildman–Crippen MR) is 140 cm³/mol. The Labute approximate surface area is 205 Å². The fraction of sp³-hybridized carbons (Fsp3) is 0.179. The Hall–Kier alpha value is -4.39. The second-order valence-corrected chi connectivity index (χ2v) is 7.65. The van der Waals surface area contributed by atoms with Crippen LogP contribution in [-0.4, -0.2) is 37.9 Å². The fourth-order valence-corrected chi connectivity index (χ4v) is 3.44. The average Bonchev–Trinajstić information content (AvgIpc) is 2.91. The van der Waals surface area contributed by atoms with E-state index in [1.807, 2.05) is 78.9 Å². The van der Waals surface area contributed by atoms with Crippen LogP contribution in [0.2, 0.25) is 0 Å². The summed E-state index contributed by atoms with van der Waals surface area (Å²) in [5.41, 5.74) is 6.11. The maximum absolute atomic E-state index is 5.73. The molecule has 0 spiro atoms. The van der Waals surface area contributed by atoms with Crippen molar-refractivity contribution in [3.63, 3.8) is 0 Å². The molecule has 0 aliphatic heterocycles. The number of hydrogen-bond donors (Lipinski definition) is 1. The molecule has 7 nitrogen and oxygen atoms in total. The number of aliphatic imine (C=N–C) groups is 1. The number of rotatable bonds is 9. The normalized spacial score (nSPS) is 11.6. The average molecular weight is 469 g/mol. The van der Waals surface area contributed by atoms with Crippen molar-refractivity contribution in [2.24, 2.45) is 10.1 Å². The van der Waals surface area contributed by atoms with Crippen LogP contribution in [0.4, 0.5) is 5.69 Å². The number of benzene rings is 3. The van der Waals surface area contributed by atoms with E-state index in [4.69, 9.17) is 24.2 Å². The third-order valence-corrected chi connectivity index (χ3v) is 5.19. The van der Waals surface area contributed by atoms with Gasteiger partial charge in [-0.1, -0.05) is 43.3 Å². The van der Waals surface area contributed by atoms with E-state index >= 15 is 0 Å². The number of ether oxygens (including phenoxy) is 3. The molecule has 0 fully saturated rings. The highest BCUT2D eigenvalue weighted by molar-refractivity contribution is 6.01. The van der Waals surface area contributed by atoms with Crippen molar-refractivity contribution in [1.82, 2.24) is 10.4 Å². The Morgan fingerprint density at radius 2 is 1.69 bits per heavy atom. The molecule has 0 atom stereocenters. The Bertz CT molecular complexity index is 1350. The first kappa shape index (κ1) is 23.8. The van der Waals surface area contributed by atoms with Crippen LogP contribution in [-0.2, 0) is 0 Å². The van der Waals surface area contributed by atoms with Gasteiger partial charge in [0.1, 0.15) is 17.1 Å². The molecule has 0 amide bonds. The van der Waals surface area contributed by atoms with Gasteiger partial charge in [-0.15, -0.1) is 0 Å². The summed E-state index contributed by atoms with van der Waals surface area (Å²) in [7, 11) is 3.24. The van der Waals surface area contributed by atoms with E-state index in [1.165, 1.54) is 0 Å². The Kier molecular flexibility index (Phi) is 7.91. The topological polar surface area (TPSA) is 77.3 Å². The van der Waals surface area contributed by atoms with Gasteiger partial charge in [0.15, 0.2) is 17.3 Å². The van der Waals surface area contributed by atoms with Crippen LogP contribution in [0.5, 0.6) is 17.2 Å². The first-order chi connectivity index (χ1) is 17.2. The molecule has 4 rings (SSSR count). The number of methoxy groups -OCH3 is 2. The van der Waals surface area contributed by atoms with E-state index in [-0.39, 0.29) is 0 Å². The zero-order valence-electron chi connectivity index (χ0n) is 20.1. The van der Waals surface area contributed by atoms with E-state index in [2.05, 4.69) is 17.5 Å². The minimum absolute atomic E-state index is 0.492. The summed E-state index contributed by atoms with van der Waals surface area (Å²) >= 11 is 0. The first-order valence-corrected chi connectivity index (χ1v) is 11.4. The van der Waals surface area contributed by atoms with Crippen molar-refractivity contribution in [2.45, 2.75) is 13.3 Å². The molecule has 0 unspecified atom stereocenters. The van der Waals surface area contributed by atoms with E-state index in [1.54, 1.807) is 20.4 Å². The second-order valence-electron chi connectivity index (χ2n) is 7.65. The molecule has 0 aliphatic carbocycles. The van der Waals surface area contributed by atoms with Crippen molar-refractivity contribution in [3.05, 3.63) is 90.1 Å². The van der Waals surface area contributed by atoms with Gasteiger partial charge in [0.2, 0.25) is 0 Å². The molecule has 1 N–H and O–H groups in total. The molecule has 0 aliphatic rings. The highest BCUT2D eigenvalue weighted by Gasteiger charge is 2.09. The minimum Gasteiger partial charge on any atom is -0.494 e. The van der Waals surface area contributed by atoms with E-state index in [0.29, 0.717) is 41.1 Å². The number of amidine groups is 1. The van der Waals surface area contributed by atoms with E-state index in [0.717, 1.165) is 22.9 Å². The Morgan fingerprint density at radius 1 is 0.886 bits per heavy atom. The van der Waals surface area contributed by atoms with Gasteiger partial charge in [0.05, 0.1) is 32.6 Å². The highest BCUT2D eigenvalue weighted by Crippen LogP contribution is 2.28. The van der Waals surface area contributed by atoms with Crippen LogP contribution in [0.3, 0.4) is 0 Å². The molecule has 178 valence electrons. The van der Waals surface area contributed by atoms with Gasteiger partial charge < -0.3 is 14.2 Å². The van der Waals surface area contributed by atoms with Gasteiger partial charge in [-0.2, -0.15) is 5.10 Å². The van der Waals surface area contributed by atoms with Gasteiger partial charge in [0.25, 0.3) is 0 Å². The van der Waals surface area contributed by atoms with Crippen molar-refractivity contribution in [2.75, 3.05) is 20.8 Å². The lowest BCUT2D eigenvalue weighted by atomic mass is 10.2. The highest BCUT2D eigenvalue weighted by atomic mass is 16.5. The summed E-state index contributed by atoms with van der Waals surface area (Å²) < 4.78 is 16.7.